The molecule has 0 atom stereocenters. The molecule has 2 rings (SSSR count). The van der Waals surface area contributed by atoms with Crippen molar-refractivity contribution >= 4 is 5.91 Å². The number of carbonyl (C=O) groups is 1. The Morgan fingerprint density at radius 3 is 2.84 bits per heavy atom. The van der Waals surface area contributed by atoms with E-state index in [1.165, 1.54) is 0 Å². The van der Waals surface area contributed by atoms with Gasteiger partial charge in [0.05, 0.1) is 6.61 Å². The quantitative estimate of drug-likeness (QED) is 0.899. The molecule has 1 saturated heterocycles. The molecule has 1 aromatic carbocycles. The third-order valence-corrected chi connectivity index (χ3v) is 3.22. The van der Waals surface area contributed by atoms with Crippen LogP contribution in [-0.4, -0.2) is 41.8 Å². The summed E-state index contributed by atoms with van der Waals surface area (Å²) < 4.78 is 18.4. The largest absolute Gasteiger partial charge is 0.484 e. The van der Waals surface area contributed by atoms with Crippen molar-refractivity contribution in [3.63, 3.8) is 0 Å². The molecule has 1 amide bonds. The highest BCUT2D eigenvalue weighted by Crippen LogP contribution is 2.15. The van der Waals surface area contributed by atoms with Crippen molar-refractivity contribution in [2.45, 2.75) is 25.6 Å². The first-order chi connectivity index (χ1) is 9.19. The van der Waals surface area contributed by atoms with Crippen LogP contribution in [-0.2, 0) is 11.4 Å². The summed E-state index contributed by atoms with van der Waals surface area (Å²) in [6, 6.07) is 6.97. The van der Waals surface area contributed by atoms with E-state index >= 15 is 0 Å². The number of aliphatic hydroxyl groups excluding tert-OH is 1. The number of carbonyl (C=O) groups excluding carboxylic acids is 1. The van der Waals surface area contributed by atoms with Gasteiger partial charge in [-0.1, -0.05) is 12.1 Å². The Bertz CT molecular complexity index is 430. The van der Waals surface area contributed by atoms with Gasteiger partial charge in [0.2, 0.25) is 0 Å². The van der Waals surface area contributed by atoms with Crippen molar-refractivity contribution in [3.05, 3.63) is 29.8 Å². The number of ether oxygens (including phenoxy) is 1. The topological polar surface area (TPSA) is 49.8 Å². The number of likely N-dealkylation sites (tertiary alicyclic amines) is 1. The number of rotatable bonds is 4. The smallest absolute Gasteiger partial charge is 0.260 e. The van der Waals surface area contributed by atoms with Gasteiger partial charge in [0, 0.05) is 13.1 Å². The number of nitrogens with zero attached hydrogens (tertiary/aromatic N) is 1. The average molecular weight is 267 g/mol. The highest BCUT2D eigenvalue weighted by atomic mass is 19.1. The molecule has 104 valence electrons. The lowest BCUT2D eigenvalue weighted by molar-refractivity contribution is -0.134. The Labute approximate surface area is 111 Å². The molecule has 1 fully saturated rings. The van der Waals surface area contributed by atoms with Crippen molar-refractivity contribution in [2.75, 3.05) is 19.7 Å². The molecule has 1 aromatic rings. The van der Waals surface area contributed by atoms with Crippen LogP contribution < -0.4 is 4.74 Å². The second-order valence-corrected chi connectivity index (χ2v) is 4.65. The maximum absolute atomic E-state index is 13.0. The third kappa shape index (κ3) is 3.92. The number of hydrogen-bond acceptors (Lipinski definition) is 3. The zero-order valence-electron chi connectivity index (χ0n) is 10.7. The van der Waals surface area contributed by atoms with Gasteiger partial charge < -0.3 is 14.7 Å². The molecule has 1 heterocycles. The number of hydrogen-bond donors (Lipinski definition) is 1. The van der Waals surface area contributed by atoms with Gasteiger partial charge in [-0.15, -0.1) is 0 Å². The zero-order valence-corrected chi connectivity index (χ0v) is 10.7. The molecule has 0 spiro atoms. The lowest BCUT2D eigenvalue weighted by atomic mass is 10.1. The second kappa shape index (κ2) is 6.52. The molecular weight excluding hydrogens is 249 g/mol. The summed E-state index contributed by atoms with van der Waals surface area (Å²) in [5.41, 5.74) is 0.739. The lowest BCUT2D eigenvalue weighted by Crippen LogP contribution is -2.41. The molecule has 5 heteroatoms. The zero-order chi connectivity index (χ0) is 13.7. The number of amides is 1. The van der Waals surface area contributed by atoms with Crippen molar-refractivity contribution in [2.24, 2.45) is 0 Å². The first kappa shape index (κ1) is 13.8. The number of alkyl halides is 1. The van der Waals surface area contributed by atoms with Crippen LogP contribution in [0.15, 0.2) is 24.3 Å². The van der Waals surface area contributed by atoms with Crippen LogP contribution in [0.4, 0.5) is 4.39 Å². The monoisotopic (exact) mass is 267 g/mol. The number of benzene rings is 1. The molecule has 1 aliphatic heterocycles. The van der Waals surface area contributed by atoms with Gasteiger partial charge in [-0.05, 0) is 30.5 Å². The maximum Gasteiger partial charge on any atom is 0.260 e. The van der Waals surface area contributed by atoms with Gasteiger partial charge in [0.1, 0.15) is 11.9 Å². The molecule has 0 radical (unpaired) electrons. The highest BCUT2D eigenvalue weighted by Gasteiger charge is 2.22. The Hall–Kier alpha value is -1.62. The summed E-state index contributed by atoms with van der Waals surface area (Å²) in [6.45, 7) is 0.807. The molecule has 0 saturated carbocycles. The summed E-state index contributed by atoms with van der Waals surface area (Å²) in [7, 11) is 0. The molecule has 0 bridgehead atoms. The standard InChI is InChI=1S/C14H18FNO3/c15-12-4-6-16(7-5-12)14(18)10-19-13-3-1-2-11(8-13)9-17/h1-3,8,12,17H,4-7,9-10H2. The molecule has 1 aliphatic rings. The van der Waals surface area contributed by atoms with Crippen molar-refractivity contribution < 1.29 is 19.0 Å². The van der Waals surface area contributed by atoms with Crippen LogP contribution in [0.25, 0.3) is 0 Å². The normalized spacial score (nSPS) is 16.4. The fourth-order valence-corrected chi connectivity index (χ4v) is 2.07. The molecule has 0 aromatic heterocycles. The average Bonchev–Trinajstić information content (AvgIpc) is 2.46. The van der Waals surface area contributed by atoms with E-state index < -0.39 is 6.17 Å². The van der Waals surface area contributed by atoms with Crippen LogP contribution in [0.1, 0.15) is 18.4 Å². The predicted octanol–water partition coefficient (Wildman–Crippen LogP) is 1.52. The van der Waals surface area contributed by atoms with Gasteiger partial charge in [-0.2, -0.15) is 0 Å². The fourth-order valence-electron chi connectivity index (χ4n) is 2.07. The van der Waals surface area contributed by atoms with E-state index in [1.54, 1.807) is 29.2 Å². The van der Waals surface area contributed by atoms with E-state index in [4.69, 9.17) is 9.84 Å². The van der Waals surface area contributed by atoms with Gasteiger partial charge in [0.25, 0.3) is 5.91 Å². The van der Waals surface area contributed by atoms with Gasteiger partial charge in [-0.25, -0.2) is 4.39 Å². The minimum Gasteiger partial charge on any atom is -0.484 e. The number of halogens is 1. The summed E-state index contributed by atoms with van der Waals surface area (Å²) in [4.78, 5) is 13.5. The fraction of sp³-hybridized carbons (Fsp3) is 0.500. The van der Waals surface area contributed by atoms with E-state index in [2.05, 4.69) is 0 Å². The van der Waals surface area contributed by atoms with Crippen LogP contribution in [0.3, 0.4) is 0 Å². The molecule has 0 aliphatic carbocycles. The molecular formula is C14H18FNO3. The van der Waals surface area contributed by atoms with Crippen molar-refractivity contribution in [3.8, 4) is 5.75 Å². The van der Waals surface area contributed by atoms with Crippen molar-refractivity contribution in [1.82, 2.24) is 4.90 Å². The van der Waals surface area contributed by atoms with Gasteiger partial charge in [0.15, 0.2) is 6.61 Å². The van der Waals surface area contributed by atoms with Crippen LogP contribution in [0, 0.1) is 0 Å². The molecule has 4 nitrogen and oxygen atoms in total. The van der Waals surface area contributed by atoms with E-state index in [0.29, 0.717) is 31.7 Å². The van der Waals surface area contributed by atoms with E-state index in [-0.39, 0.29) is 19.1 Å². The molecule has 0 unspecified atom stereocenters. The van der Waals surface area contributed by atoms with Crippen molar-refractivity contribution in [1.29, 1.82) is 0 Å². The Morgan fingerprint density at radius 2 is 2.16 bits per heavy atom. The minimum absolute atomic E-state index is 0.0498. The molecule has 19 heavy (non-hydrogen) atoms. The highest BCUT2D eigenvalue weighted by molar-refractivity contribution is 5.77. The lowest BCUT2D eigenvalue weighted by Gasteiger charge is -2.28. The summed E-state index contributed by atoms with van der Waals surface area (Å²) in [5.74, 6) is 0.432. The SMILES string of the molecule is O=C(COc1cccc(CO)c1)N1CCC(F)CC1. The first-order valence-corrected chi connectivity index (χ1v) is 6.43. The molecule has 1 N–H and O–H groups in total. The maximum atomic E-state index is 13.0. The van der Waals surface area contributed by atoms with Crippen LogP contribution >= 0.6 is 0 Å². The van der Waals surface area contributed by atoms with Crippen LogP contribution in [0.2, 0.25) is 0 Å². The number of piperidine rings is 1. The van der Waals surface area contributed by atoms with Crippen LogP contribution in [0.5, 0.6) is 5.75 Å². The Kier molecular flexibility index (Phi) is 4.74. The summed E-state index contributed by atoms with van der Waals surface area (Å²) >= 11 is 0. The third-order valence-electron chi connectivity index (χ3n) is 3.22. The van der Waals surface area contributed by atoms with E-state index in [9.17, 15) is 9.18 Å². The van der Waals surface area contributed by atoms with E-state index in [1.807, 2.05) is 0 Å². The summed E-state index contributed by atoms with van der Waals surface area (Å²) in [5, 5.41) is 9.00. The summed E-state index contributed by atoms with van der Waals surface area (Å²) in [6.07, 6.45) is 0.0310. The Morgan fingerprint density at radius 1 is 1.42 bits per heavy atom. The first-order valence-electron chi connectivity index (χ1n) is 6.43. The van der Waals surface area contributed by atoms with Gasteiger partial charge in [-0.3, -0.25) is 4.79 Å². The predicted molar refractivity (Wildman–Crippen MR) is 68.6 cm³/mol. The Balaban J connectivity index is 1.82. The number of aliphatic hydroxyl groups is 1. The second-order valence-electron chi connectivity index (χ2n) is 4.65. The van der Waals surface area contributed by atoms with Gasteiger partial charge >= 0.3 is 0 Å². The van der Waals surface area contributed by atoms with E-state index in [0.717, 1.165) is 5.56 Å². The minimum atomic E-state index is -0.786.